The van der Waals surface area contributed by atoms with Crippen LogP contribution < -0.4 is 4.74 Å². The van der Waals surface area contributed by atoms with Gasteiger partial charge >= 0.3 is 5.97 Å². The lowest BCUT2D eigenvalue weighted by Crippen LogP contribution is -2.05. The maximum atomic E-state index is 12.3. The minimum atomic E-state index is -0.474. The average Bonchev–Trinajstić information content (AvgIpc) is 3.08. The van der Waals surface area contributed by atoms with Gasteiger partial charge in [-0.15, -0.1) is 0 Å². The van der Waals surface area contributed by atoms with Gasteiger partial charge in [0.1, 0.15) is 12.4 Å². The maximum Gasteiger partial charge on any atom is 0.363 e. The van der Waals surface area contributed by atoms with Gasteiger partial charge in [-0.25, -0.2) is 9.79 Å². The van der Waals surface area contributed by atoms with Crippen molar-refractivity contribution < 1.29 is 14.3 Å². The fourth-order valence-corrected chi connectivity index (χ4v) is 4.87. The standard InChI is InChI=1S/C24H16Br3NO3/c1-14-5-7-17(8-6-14)23-28-21(24(29)31-23)12-16-10-19(26)22(20(27)11-16)30-13-15-3-2-4-18(25)9-15/h2-12H,13H2,1H3/b21-12-. The Morgan fingerprint density at radius 1 is 1.00 bits per heavy atom. The van der Waals surface area contributed by atoms with Crippen LogP contribution in [-0.2, 0) is 16.1 Å². The van der Waals surface area contributed by atoms with E-state index in [-0.39, 0.29) is 5.70 Å². The van der Waals surface area contributed by atoms with E-state index in [1.807, 2.05) is 67.6 Å². The number of nitrogens with zero attached hydrogens (tertiary/aromatic N) is 1. The summed E-state index contributed by atoms with van der Waals surface area (Å²) in [5, 5.41) is 0. The van der Waals surface area contributed by atoms with Gasteiger partial charge in [0.25, 0.3) is 0 Å². The SMILES string of the molecule is Cc1ccc(C2=N/C(=C\c3cc(Br)c(OCc4cccc(Br)c4)c(Br)c3)C(=O)O2)cc1. The second-order valence-electron chi connectivity index (χ2n) is 6.93. The molecule has 7 heteroatoms. The minimum absolute atomic E-state index is 0.247. The van der Waals surface area contributed by atoms with Crippen molar-refractivity contribution in [1.82, 2.24) is 0 Å². The third-order valence-corrected chi connectivity index (χ3v) is 6.19. The second kappa shape index (κ2) is 9.51. The molecule has 3 aromatic rings. The number of aliphatic imine (C=N–C) groups is 1. The van der Waals surface area contributed by atoms with Gasteiger partial charge in [-0.05, 0) is 92.4 Å². The molecule has 0 amide bonds. The number of hydrogen-bond donors (Lipinski definition) is 0. The maximum absolute atomic E-state index is 12.3. The number of halogens is 3. The van der Waals surface area contributed by atoms with Crippen molar-refractivity contribution in [2.24, 2.45) is 4.99 Å². The molecule has 0 N–H and O–H groups in total. The Balaban J connectivity index is 1.55. The molecule has 0 spiro atoms. The summed E-state index contributed by atoms with van der Waals surface area (Å²) in [6, 6.07) is 19.4. The molecule has 0 saturated carbocycles. The third kappa shape index (κ3) is 5.34. The number of hydrogen-bond acceptors (Lipinski definition) is 4. The van der Waals surface area contributed by atoms with Gasteiger partial charge in [0.15, 0.2) is 5.70 Å². The highest BCUT2D eigenvalue weighted by atomic mass is 79.9. The van der Waals surface area contributed by atoms with E-state index in [9.17, 15) is 4.79 Å². The predicted molar refractivity (Wildman–Crippen MR) is 132 cm³/mol. The number of carbonyl (C=O) groups is 1. The Morgan fingerprint density at radius 2 is 1.71 bits per heavy atom. The first-order valence-electron chi connectivity index (χ1n) is 9.35. The van der Waals surface area contributed by atoms with E-state index in [0.29, 0.717) is 18.3 Å². The molecule has 1 heterocycles. The van der Waals surface area contributed by atoms with Crippen LogP contribution in [0.5, 0.6) is 5.75 Å². The van der Waals surface area contributed by atoms with Crippen LogP contribution in [0.4, 0.5) is 0 Å². The van der Waals surface area contributed by atoms with Crippen molar-refractivity contribution in [3.63, 3.8) is 0 Å². The molecule has 1 aliphatic rings. The molecule has 0 unspecified atom stereocenters. The third-order valence-electron chi connectivity index (χ3n) is 4.52. The highest BCUT2D eigenvalue weighted by Crippen LogP contribution is 2.36. The van der Waals surface area contributed by atoms with Crippen molar-refractivity contribution in [2.75, 3.05) is 0 Å². The largest absolute Gasteiger partial charge is 0.487 e. The number of cyclic esters (lactones) is 1. The van der Waals surface area contributed by atoms with Crippen molar-refractivity contribution in [3.05, 3.63) is 102 Å². The smallest absolute Gasteiger partial charge is 0.363 e. The van der Waals surface area contributed by atoms with E-state index in [0.717, 1.165) is 35.7 Å². The van der Waals surface area contributed by atoms with Gasteiger partial charge < -0.3 is 9.47 Å². The zero-order chi connectivity index (χ0) is 22.0. The molecule has 3 aromatic carbocycles. The van der Waals surface area contributed by atoms with E-state index in [4.69, 9.17) is 9.47 Å². The fourth-order valence-electron chi connectivity index (χ4n) is 2.97. The molecule has 0 aliphatic carbocycles. The first-order chi connectivity index (χ1) is 14.9. The summed E-state index contributed by atoms with van der Waals surface area (Å²) in [6.45, 7) is 2.42. The van der Waals surface area contributed by atoms with Crippen LogP contribution >= 0.6 is 47.8 Å². The lowest BCUT2D eigenvalue weighted by molar-refractivity contribution is -0.129. The molecule has 0 fully saturated rings. The average molecular weight is 606 g/mol. The van der Waals surface area contributed by atoms with Gasteiger partial charge in [0.2, 0.25) is 5.90 Å². The molecule has 4 nitrogen and oxygen atoms in total. The molecule has 0 saturated heterocycles. The number of rotatable bonds is 5. The fraction of sp³-hybridized carbons (Fsp3) is 0.0833. The van der Waals surface area contributed by atoms with E-state index in [1.165, 1.54) is 0 Å². The second-order valence-corrected chi connectivity index (χ2v) is 9.56. The summed E-state index contributed by atoms with van der Waals surface area (Å²) in [5.74, 6) is 0.515. The molecule has 0 atom stereocenters. The molecule has 0 radical (unpaired) electrons. The van der Waals surface area contributed by atoms with Gasteiger partial charge in [-0.1, -0.05) is 45.8 Å². The Hall–Kier alpha value is -2.22. The van der Waals surface area contributed by atoms with Crippen molar-refractivity contribution in [2.45, 2.75) is 13.5 Å². The van der Waals surface area contributed by atoms with E-state index >= 15 is 0 Å². The normalized spacial score (nSPS) is 14.5. The molecule has 0 aromatic heterocycles. The van der Waals surface area contributed by atoms with Crippen LogP contribution in [-0.4, -0.2) is 11.9 Å². The molecule has 156 valence electrons. The van der Waals surface area contributed by atoms with Crippen LogP contribution in [0.1, 0.15) is 22.3 Å². The number of aryl methyl sites for hydroxylation is 1. The van der Waals surface area contributed by atoms with Crippen LogP contribution in [0.2, 0.25) is 0 Å². The monoisotopic (exact) mass is 603 g/mol. The van der Waals surface area contributed by atoms with Gasteiger partial charge in [0, 0.05) is 10.0 Å². The first kappa shape index (κ1) is 22.0. The van der Waals surface area contributed by atoms with Gasteiger partial charge in [-0.2, -0.15) is 0 Å². The Labute approximate surface area is 205 Å². The molecule has 4 rings (SSSR count). The van der Waals surface area contributed by atoms with E-state index in [1.54, 1.807) is 6.08 Å². The lowest BCUT2D eigenvalue weighted by Gasteiger charge is -2.12. The lowest BCUT2D eigenvalue weighted by atomic mass is 10.1. The molecule has 31 heavy (non-hydrogen) atoms. The summed E-state index contributed by atoms with van der Waals surface area (Å²) in [5.41, 5.74) is 3.97. The molecular weight excluding hydrogens is 590 g/mol. The highest BCUT2D eigenvalue weighted by Gasteiger charge is 2.24. The predicted octanol–water partition coefficient (Wildman–Crippen LogP) is 7.21. The summed E-state index contributed by atoms with van der Waals surface area (Å²) in [7, 11) is 0. The zero-order valence-electron chi connectivity index (χ0n) is 16.4. The molecule has 1 aliphatic heterocycles. The molecule has 0 bridgehead atoms. The van der Waals surface area contributed by atoms with Crippen LogP contribution in [0.25, 0.3) is 6.08 Å². The van der Waals surface area contributed by atoms with E-state index in [2.05, 4.69) is 52.8 Å². The highest BCUT2D eigenvalue weighted by molar-refractivity contribution is 9.11. The summed E-state index contributed by atoms with van der Waals surface area (Å²) in [4.78, 5) is 16.7. The topological polar surface area (TPSA) is 47.9 Å². The van der Waals surface area contributed by atoms with Crippen LogP contribution in [0, 0.1) is 6.92 Å². The van der Waals surface area contributed by atoms with Crippen LogP contribution in [0.15, 0.2) is 84.8 Å². The number of benzene rings is 3. The summed E-state index contributed by atoms with van der Waals surface area (Å²) < 4.78 is 13.9. The number of carbonyl (C=O) groups excluding carboxylic acids is 1. The Morgan fingerprint density at radius 3 is 2.39 bits per heavy atom. The number of esters is 1. The Bertz CT molecular complexity index is 1190. The van der Waals surface area contributed by atoms with Gasteiger partial charge in [-0.3, -0.25) is 0 Å². The quantitative estimate of drug-likeness (QED) is 0.228. The van der Waals surface area contributed by atoms with Crippen molar-refractivity contribution in [3.8, 4) is 5.75 Å². The number of ether oxygens (including phenoxy) is 2. The van der Waals surface area contributed by atoms with Crippen molar-refractivity contribution >= 4 is 65.7 Å². The summed E-state index contributed by atoms with van der Waals surface area (Å²) >= 11 is 10.6. The first-order valence-corrected chi connectivity index (χ1v) is 11.7. The van der Waals surface area contributed by atoms with Crippen molar-refractivity contribution in [1.29, 1.82) is 0 Å². The van der Waals surface area contributed by atoms with Gasteiger partial charge in [0.05, 0.1) is 8.95 Å². The van der Waals surface area contributed by atoms with Crippen LogP contribution in [0.3, 0.4) is 0 Å². The zero-order valence-corrected chi connectivity index (χ0v) is 21.1. The molecular formula is C24H16Br3NO3. The minimum Gasteiger partial charge on any atom is -0.487 e. The Kier molecular flexibility index (Phi) is 6.74. The summed E-state index contributed by atoms with van der Waals surface area (Å²) in [6.07, 6.45) is 1.69. The van der Waals surface area contributed by atoms with E-state index < -0.39 is 5.97 Å².